The lowest BCUT2D eigenvalue weighted by Gasteiger charge is -2.29. The van der Waals surface area contributed by atoms with Crippen LogP contribution in [0.15, 0.2) is 65.2 Å². The van der Waals surface area contributed by atoms with Crippen molar-refractivity contribution in [1.82, 2.24) is 4.90 Å². The molecule has 6 heteroatoms. The highest BCUT2D eigenvalue weighted by Gasteiger charge is 2.22. The summed E-state index contributed by atoms with van der Waals surface area (Å²) in [6.07, 6.45) is 6.26. The van der Waals surface area contributed by atoms with E-state index in [-0.39, 0.29) is 5.82 Å². The molecule has 0 aliphatic carbocycles. The summed E-state index contributed by atoms with van der Waals surface area (Å²) in [5.74, 6) is 0.618. The fraction of sp³-hybridized carbons (Fsp3) is 0.292. The third-order valence-electron chi connectivity index (χ3n) is 5.25. The van der Waals surface area contributed by atoms with Crippen molar-refractivity contribution in [3.63, 3.8) is 0 Å². The molecule has 0 unspecified atom stereocenters. The third kappa shape index (κ3) is 4.87. The molecule has 1 N–H and O–H groups in total. The normalized spacial score (nSPS) is 15.3. The number of nitrogens with zero attached hydrogens (tertiary/aromatic N) is 1. The van der Waals surface area contributed by atoms with Crippen LogP contribution in [0.1, 0.15) is 23.1 Å². The van der Waals surface area contributed by atoms with Crippen molar-refractivity contribution in [2.24, 2.45) is 0 Å². The molecule has 2 aliphatic heterocycles. The zero-order chi connectivity index (χ0) is 20.9. The summed E-state index contributed by atoms with van der Waals surface area (Å²) in [5, 5.41) is 10.5. The minimum atomic E-state index is -0.903. The fourth-order valence-corrected chi connectivity index (χ4v) is 4.86. The van der Waals surface area contributed by atoms with E-state index in [1.807, 2.05) is 12.1 Å². The molecular weight excluding hydrogens is 401 g/mol. The van der Waals surface area contributed by atoms with Gasteiger partial charge in [0.15, 0.2) is 0 Å². The molecule has 2 aromatic carbocycles. The average Bonchev–Trinajstić information content (AvgIpc) is 3.21. The summed E-state index contributed by atoms with van der Waals surface area (Å²) >= 11 is 1.58. The Balaban J connectivity index is 1.42. The Morgan fingerprint density at radius 2 is 1.97 bits per heavy atom. The number of aliphatic carboxylic acids is 1. The van der Waals surface area contributed by atoms with Crippen LogP contribution in [0.5, 0.6) is 5.75 Å². The average molecular weight is 426 g/mol. The van der Waals surface area contributed by atoms with E-state index in [0.29, 0.717) is 18.7 Å². The maximum atomic E-state index is 13.0. The molecule has 2 heterocycles. The highest BCUT2D eigenvalue weighted by molar-refractivity contribution is 8.03. The Labute approximate surface area is 180 Å². The Hall–Kier alpha value is -2.73. The Bertz CT molecular complexity index is 984. The van der Waals surface area contributed by atoms with Crippen LogP contribution in [0.25, 0.3) is 0 Å². The van der Waals surface area contributed by atoms with Crippen LogP contribution in [0.3, 0.4) is 0 Å². The lowest BCUT2D eigenvalue weighted by Crippen LogP contribution is -2.27. The molecule has 0 atom stereocenters. The van der Waals surface area contributed by atoms with Gasteiger partial charge >= 0.3 is 5.97 Å². The van der Waals surface area contributed by atoms with E-state index in [9.17, 15) is 14.3 Å². The second-order valence-electron chi connectivity index (χ2n) is 7.43. The van der Waals surface area contributed by atoms with Gasteiger partial charge in [-0.1, -0.05) is 30.3 Å². The molecule has 2 aromatic rings. The predicted octanol–water partition coefficient (Wildman–Crippen LogP) is 4.79. The molecule has 0 spiro atoms. The number of carbonyl (C=O) groups is 1. The van der Waals surface area contributed by atoms with Crippen LogP contribution in [-0.2, 0) is 24.2 Å². The van der Waals surface area contributed by atoms with Gasteiger partial charge in [-0.25, -0.2) is 9.18 Å². The first-order valence-electron chi connectivity index (χ1n) is 10.1. The van der Waals surface area contributed by atoms with Crippen LogP contribution in [0, 0.1) is 5.82 Å². The van der Waals surface area contributed by atoms with Crippen molar-refractivity contribution in [3.8, 4) is 5.75 Å². The lowest BCUT2D eigenvalue weighted by atomic mass is 10.1. The van der Waals surface area contributed by atoms with Crippen molar-refractivity contribution in [2.45, 2.75) is 25.8 Å². The number of hydrogen-bond acceptors (Lipinski definition) is 4. The number of carboxylic acid groups (broad SMARTS) is 1. The first kappa shape index (κ1) is 20.5. The van der Waals surface area contributed by atoms with Crippen LogP contribution >= 0.6 is 11.8 Å². The first-order valence-corrected chi connectivity index (χ1v) is 11.1. The van der Waals surface area contributed by atoms with Crippen LogP contribution < -0.4 is 4.74 Å². The Kier molecular flexibility index (Phi) is 6.43. The number of benzene rings is 2. The lowest BCUT2D eigenvalue weighted by molar-refractivity contribution is -0.132. The van der Waals surface area contributed by atoms with Crippen LogP contribution in [0.4, 0.5) is 4.39 Å². The van der Waals surface area contributed by atoms with Crippen molar-refractivity contribution in [1.29, 1.82) is 0 Å². The van der Waals surface area contributed by atoms with E-state index in [4.69, 9.17) is 4.74 Å². The molecule has 0 fully saturated rings. The van der Waals surface area contributed by atoms with E-state index in [2.05, 4.69) is 17.0 Å². The third-order valence-corrected chi connectivity index (χ3v) is 6.49. The topological polar surface area (TPSA) is 49.8 Å². The van der Waals surface area contributed by atoms with Gasteiger partial charge in [0, 0.05) is 19.5 Å². The smallest absolute Gasteiger partial charge is 0.338 e. The van der Waals surface area contributed by atoms with Gasteiger partial charge in [0.1, 0.15) is 11.6 Å². The summed E-state index contributed by atoms with van der Waals surface area (Å²) in [6.45, 7) is 2.07. The molecular formula is C24H24FNO3S. The van der Waals surface area contributed by atoms with Crippen LogP contribution in [-0.4, -0.2) is 34.9 Å². The van der Waals surface area contributed by atoms with E-state index >= 15 is 0 Å². The number of halogens is 1. The summed E-state index contributed by atoms with van der Waals surface area (Å²) in [7, 11) is 0. The van der Waals surface area contributed by atoms with Crippen molar-refractivity contribution >= 4 is 17.7 Å². The van der Waals surface area contributed by atoms with E-state index in [0.717, 1.165) is 53.5 Å². The minimum absolute atomic E-state index is 0.230. The van der Waals surface area contributed by atoms with E-state index < -0.39 is 5.97 Å². The van der Waals surface area contributed by atoms with E-state index in [1.165, 1.54) is 17.7 Å². The maximum absolute atomic E-state index is 13.0. The van der Waals surface area contributed by atoms with Gasteiger partial charge in [0.25, 0.3) is 0 Å². The Morgan fingerprint density at radius 3 is 2.77 bits per heavy atom. The highest BCUT2D eigenvalue weighted by atomic mass is 32.2. The maximum Gasteiger partial charge on any atom is 0.338 e. The van der Waals surface area contributed by atoms with Gasteiger partial charge in [-0.05, 0) is 59.6 Å². The summed E-state index contributed by atoms with van der Waals surface area (Å²) in [6, 6.07) is 12.8. The van der Waals surface area contributed by atoms with Crippen molar-refractivity contribution in [3.05, 3.63) is 87.7 Å². The molecule has 30 heavy (non-hydrogen) atoms. The van der Waals surface area contributed by atoms with Gasteiger partial charge < -0.3 is 14.7 Å². The number of rotatable bonds is 8. The molecule has 0 amide bonds. The molecule has 0 aromatic heterocycles. The SMILES string of the molecule is O=C(O)C1=C(SCCCc2ccc(F)cc2)N(Cc2ccc3c(c2)CCO3)CC=C1. The highest BCUT2D eigenvalue weighted by Crippen LogP contribution is 2.32. The van der Waals surface area contributed by atoms with Crippen molar-refractivity contribution < 1.29 is 19.0 Å². The number of fused-ring (bicyclic) bond motifs is 1. The van der Waals surface area contributed by atoms with Crippen molar-refractivity contribution in [2.75, 3.05) is 18.9 Å². The first-order chi connectivity index (χ1) is 14.6. The molecule has 0 bridgehead atoms. The van der Waals surface area contributed by atoms with Gasteiger partial charge in [0.2, 0.25) is 0 Å². The predicted molar refractivity (Wildman–Crippen MR) is 117 cm³/mol. The molecule has 4 nitrogen and oxygen atoms in total. The number of carboxylic acids is 1. The van der Waals surface area contributed by atoms with E-state index in [1.54, 1.807) is 30.0 Å². The number of hydrogen-bond donors (Lipinski definition) is 1. The van der Waals surface area contributed by atoms with Gasteiger partial charge in [-0.2, -0.15) is 0 Å². The summed E-state index contributed by atoms with van der Waals surface area (Å²) < 4.78 is 18.6. The van der Waals surface area contributed by atoms with Gasteiger partial charge in [-0.15, -0.1) is 11.8 Å². The monoisotopic (exact) mass is 425 g/mol. The summed E-state index contributed by atoms with van der Waals surface area (Å²) in [5.41, 5.74) is 3.81. The molecule has 0 saturated carbocycles. The zero-order valence-electron chi connectivity index (χ0n) is 16.6. The molecule has 156 valence electrons. The molecule has 2 aliphatic rings. The fourth-order valence-electron chi connectivity index (χ4n) is 3.75. The number of thioether (sulfide) groups is 1. The Morgan fingerprint density at radius 1 is 1.17 bits per heavy atom. The largest absolute Gasteiger partial charge is 0.493 e. The number of ether oxygens (including phenoxy) is 1. The van der Waals surface area contributed by atoms with Gasteiger partial charge in [0.05, 0.1) is 17.2 Å². The minimum Gasteiger partial charge on any atom is -0.493 e. The molecule has 0 saturated heterocycles. The molecule has 4 rings (SSSR count). The standard InChI is InChI=1S/C24H24FNO3S/c25-20-8-5-17(6-9-20)3-2-14-30-23-21(24(27)28)4-1-12-26(23)16-18-7-10-22-19(15-18)11-13-29-22/h1,4-10,15H,2-3,11-14,16H2,(H,27,28). The molecule has 0 radical (unpaired) electrons. The number of aryl methyl sites for hydroxylation is 1. The van der Waals surface area contributed by atoms with Crippen LogP contribution in [0.2, 0.25) is 0 Å². The van der Waals surface area contributed by atoms with Gasteiger partial charge in [-0.3, -0.25) is 0 Å². The summed E-state index contributed by atoms with van der Waals surface area (Å²) in [4.78, 5) is 13.9. The second kappa shape index (κ2) is 9.39. The zero-order valence-corrected chi connectivity index (χ0v) is 17.5. The second-order valence-corrected chi connectivity index (χ2v) is 8.51. The quantitative estimate of drug-likeness (QED) is 0.616.